The van der Waals surface area contributed by atoms with Crippen molar-refractivity contribution in [2.45, 2.75) is 19.9 Å². The molecule has 1 aromatic rings. The Bertz CT molecular complexity index is 451. The Labute approximate surface area is 110 Å². The van der Waals surface area contributed by atoms with Crippen LogP contribution in [0.2, 0.25) is 5.15 Å². The highest BCUT2D eigenvalue weighted by Gasteiger charge is 2.15. The lowest BCUT2D eigenvalue weighted by molar-refractivity contribution is -0.120. The fourth-order valence-corrected chi connectivity index (χ4v) is 1.60. The lowest BCUT2D eigenvalue weighted by Crippen LogP contribution is -2.39. The quantitative estimate of drug-likeness (QED) is 0.636. The van der Waals surface area contributed by atoms with Gasteiger partial charge < -0.3 is 10.2 Å². The molecule has 6 nitrogen and oxygen atoms in total. The van der Waals surface area contributed by atoms with Crippen molar-refractivity contribution < 1.29 is 9.59 Å². The van der Waals surface area contributed by atoms with Crippen LogP contribution >= 0.6 is 11.6 Å². The van der Waals surface area contributed by atoms with Crippen molar-refractivity contribution in [1.29, 1.82) is 0 Å². The summed E-state index contributed by atoms with van der Waals surface area (Å²) in [5.41, 5.74) is 0.180. The molecule has 0 unspecified atom stereocenters. The minimum atomic E-state index is -0.154. The number of carbonyl (C=O) groups excluding carboxylic acids is 2. The van der Waals surface area contributed by atoms with Gasteiger partial charge in [-0.3, -0.25) is 9.59 Å². The predicted molar refractivity (Wildman–Crippen MR) is 69.0 cm³/mol. The third-order valence-corrected chi connectivity index (χ3v) is 2.43. The highest BCUT2D eigenvalue weighted by atomic mass is 35.5. The molecule has 0 aromatic carbocycles. The van der Waals surface area contributed by atoms with E-state index in [0.717, 1.165) is 0 Å². The summed E-state index contributed by atoms with van der Waals surface area (Å²) in [5.74, 6) is 0.183. The third-order valence-electron chi connectivity index (χ3n) is 2.12. The average molecular weight is 271 g/mol. The van der Waals surface area contributed by atoms with Gasteiger partial charge in [-0.2, -0.15) is 0 Å². The second-order valence-corrected chi connectivity index (χ2v) is 4.46. The Morgan fingerprint density at radius 1 is 1.56 bits per heavy atom. The van der Waals surface area contributed by atoms with E-state index in [0.29, 0.717) is 12.1 Å². The summed E-state index contributed by atoms with van der Waals surface area (Å²) >= 11 is 5.78. The molecule has 18 heavy (non-hydrogen) atoms. The van der Waals surface area contributed by atoms with E-state index in [9.17, 15) is 9.59 Å². The molecule has 0 bridgehead atoms. The van der Waals surface area contributed by atoms with E-state index in [2.05, 4.69) is 15.3 Å². The van der Waals surface area contributed by atoms with Crippen molar-refractivity contribution >= 4 is 29.6 Å². The fourth-order valence-electron chi connectivity index (χ4n) is 1.43. The Balaban J connectivity index is 2.84. The van der Waals surface area contributed by atoms with Crippen LogP contribution in [0.1, 0.15) is 24.2 Å². The second kappa shape index (κ2) is 6.30. The molecule has 1 rings (SSSR count). The van der Waals surface area contributed by atoms with Gasteiger partial charge in [-0.05, 0) is 13.8 Å². The van der Waals surface area contributed by atoms with E-state index in [-0.39, 0.29) is 29.2 Å². The van der Waals surface area contributed by atoms with E-state index in [1.54, 1.807) is 11.9 Å². The smallest absolute Gasteiger partial charge is 0.239 e. The number of aromatic nitrogens is 2. The monoisotopic (exact) mass is 270 g/mol. The number of rotatable bonds is 5. The first kappa shape index (κ1) is 14.4. The highest BCUT2D eigenvalue weighted by molar-refractivity contribution is 6.32. The zero-order chi connectivity index (χ0) is 13.7. The van der Waals surface area contributed by atoms with Gasteiger partial charge in [0.05, 0.1) is 12.1 Å². The van der Waals surface area contributed by atoms with E-state index in [4.69, 9.17) is 11.6 Å². The molecule has 0 radical (unpaired) electrons. The molecule has 0 aliphatic rings. The fraction of sp³-hybridized carbons (Fsp3) is 0.455. The Kier molecular flexibility index (Phi) is 5.03. The number of aldehydes is 1. The largest absolute Gasteiger partial charge is 0.352 e. The number of hydrogen-bond acceptors (Lipinski definition) is 5. The Hall–Kier alpha value is -1.69. The summed E-state index contributed by atoms with van der Waals surface area (Å²) in [6.07, 6.45) is 1.83. The Morgan fingerprint density at radius 2 is 2.22 bits per heavy atom. The number of nitrogens with zero attached hydrogens (tertiary/aromatic N) is 3. The predicted octanol–water partition coefficient (Wildman–Crippen LogP) is 0.903. The van der Waals surface area contributed by atoms with Gasteiger partial charge in [-0.1, -0.05) is 11.6 Å². The lowest BCUT2D eigenvalue weighted by Gasteiger charge is -2.19. The number of likely N-dealkylation sites (N-methyl/N-ethyl adjacent to an activating group) is 1. The zero-order valence-electron chi connectivity index (χ0n) is 10.5. The molecule has 1 N–H and O–H groups in total. The highest BCUT2D eigenvalue weighted by Crippen LogP contribution is 2.19. The average Bonchev–Trinajstić information content (AvgIpc) is 2.27. The van der Waals surface area contributed by atoms with Crippen molar-refractivity contribution in [3.63, 3.8) is 0 Å². The topological polar surface area (TPSA) is 75.2 Å². The first-order valence-corrected chi connectivity index (χ1v) is 5.79. The summed E-state index contributed by atoms with van der Waals surface area (Å²) < 4.78 is 0. The van der Waals surface area contributed by atoms with Crippen LogP contribution in [0.25, 0.3) is 0 Å². The molecule has 0 saturated heterocycles. The molecule has 98 valence electrons. The number of anilines is 1. The summed E-state index contributed by atoms with van der Waals surface area (Å²) in [7, 11) is 1.66. The van der Waals surface area contributed by atoms with E-state index in [1.807, 2.05) is 13.8 Å². The number of nitrogens with one attached hydrogen (secondary N) is 1. The number of carbonyl (C=O) groups is 2. The molecule has 0 aliphatic heterocycles. The van der Waals surface area contributed by atoms with Crippen molar-refractivity contribution in [2.24, 2.45) is 0 Å². The minimum absolute atomic E-state index is 0.0606. The zero-order valence-corrected chi connectivity index (χ0v) is 11.2. The second-order valence-electron chi connectivity index (χ2n) is 4.10. The molecule has 0 fully saturated rings. The number of amides is 1. The molecule has 0 atom stereocenters. The summed E-state index contributed by atoms with van der Waals surface area (Å²) in [6, 6.07) is 0.0606. The van der Waals surface area contributed by atoms with Gasteiger partial charge in [0, 0.05) is 13.1 Å². The molecule has 0 spiro atoms. The van der Waals surface area contributed by atoms with Crippen LogP contribution < -0.4 is 10.2 Å². The molecule has 0 saturated carbocycles. The first-order chi connectivity index (χ1) is 8.45. The van der Waals surface area contributed by atoms with Gasteiger partial charge in [0.1, 0.15) is 17.3 Å². The minimum Gasteiger partial charge on any atom is -0.352 e. The van der Waals surface area contributed by atoms with Crippen LogP contribution in [0.3, 0.4) is 0 Å². The molecule has 1 heterocycles. The molecule has 7 heteroatoms. The maximum absolute atomic E-state index is 11.6. The van der Waals surface area contributed by atoms with Crippen LogP contribution in [-0.4, -0.2) is 41.8 Å². The normalized spacial score (nSPS) is 10.3. The van der Waals surface area contributed by atoms with Crippen LogP contribution in [0, 0.1) is 0 Å². The lowest BCUT2D eigenvalue weighted by atomic mass is 10.3. The summed E-state index contributed by atoms with van der Waals surface area (Å²) in [4.78, 5) is 31.8. The van der Waals surface area contributed by atoms with Crippen molar-refractivity contribution in [3.8, 4) is 0 Å². The van der Waals surface area contributed by atoms with E-state index < -0.39 is 0 Å². The molecular formula is C11H15ClN4O2. The number of halogens is 1. The van der Waals surface area contributed by atoms with Crippen molar-refractivity contribution in [1.82, 2.24) is 15.3 Å². The maximum atomic E-state index is 11.6. The van der Waals surface area contributed by atoms with Crippen LogP contribution in [0.4, 0.5) is 5.82 Å². The molecule has 0 aliphatic carbocycles. The first-order valence-electron chi connectivity index (χ1n) is 5.42. The van der Waals surface area contributed by atoms with Crippen molar-refractivity contribution in [3.05, 3.63) is 17.0 Å². The van der Waals surface area contributed by atoms with Gasteiger partial charge in [-0.15, -0.1) is 0 Å². The van der Waals surface area contributed by atoms with Gasteiger partial charge in [0.2, 0.25) is 5.91 Å². The Morgan fingerprint density at radius 3 is 2.78 bits per heavy atom. The van der Waals surface area contributed by atoms with Gasteiger partial charge in [-0.25, -0.2) is 9.97 Å². The van der Waals surface area contributed by atoms with Crippen LogP contribution in [0.15, 0.2) is 6.33 Å². The standard InChI is InChI=1S/C11H15ClN4O2/c1-7(2)15-9(18)4-16(3)11-8(5-17)10(12)13-6-14-11/h5-7H,4H2,1-3H3,(H,15,18). The van der Waals surface area contributed by atoms with Gasteiger partial charge in [0.25, 0.3) is 0 Å². The molecular weight excluding hydrogens is 256 g/mol. The third kappa shape index (κ3) is 3.66. The maximum Gasteiger partial charge on any atom is 0.239 e. The van der Waals surface area contributed by atoms with Crippen molar-refractivity contribution in [2.75, 3.05) is 18.5 Å². The van der Waals surface area contributed by atoms with Crippen LogP contribution in [0.5, 0.6) is 0 Å². The van der Waals surface area contributed by atoms with Gasteiger partial charge >= 0.3 is 0 Å². The number of hydrogen-bond donors (Lipinski definition) is 1. The molecule has 1 aromatic heterocycles. The SMILES string of the molecule is CC(C)NC(=O)CN(C)c1ncnc(Cl)c1C=O. The summed E-state index contributed by atoms with van der Waals surface area (Å²) in [6.45, 7) is 3.83. The summed E-state index contributed by atoms with van der Waals surface area (Å²) in [5, 5.41) is 2.83. The van der Waals surface area contributed by atoms with Gasteiger partial charge in [0.15, 0.2) is 6.29 Å². The van der Waals surface area contributed by atoms with E-state index in [1.165, 1.54) is 6.33 Å². The molecule has 1 amide bonds. The van der Waals surface area contributed by atoms with Crippen LogP contribution in [-0.2, 0) is 4.79 Å². The van der Waals surface area contributed by atoms with E-state index >= 15 is 0 Å².